The Morgan fingerprint density at radius 1 is 1.24 bits per heavy atom. The summed E-state index contributed by atoms with van der Waals surface area (Å²) in [5.74, 6) is -1.41. The van der Waals surface area contributed by atoms with Crippen LogP contribution in [-0.2, 0) is 14.4 Å². The maximum Gasteiger partial charge on any atom is 0.225 e. The largest absolute Gasteiger partial charge is 0.355 e. The van der Waals surface area contributed by atoms with Crippen molar-refractivity contribution < 1.29 is 18.8 Å². The second-order valence-electron chi connectivity index (χ2n) is 6.07. The Labute approximate surface area is 146 Å². The number of halogens is 1. The van der Waals surface area contributed by atoms with Crippen LogP contribution in [0.15, 0.2) is 24.3 Å². The molecule has 25 heavy (non-hydrogen) atoms. The second kappa shape index (κ2) is 8.60. The van der Waals surface area contributed by atoms with Crippen molar-refractivity contribution >= 4 is 17.7 Å². The number of nitrogens with one attached hydrogen (secondary N) is 2. The Bertz CT molecular complexity index is 650. The summed E-state index contributed by atoms with van der Waals surface area (Å²) in [5, 5.41) is 5.38. The van der Waals surface area contributed by atoms with Gasteiger partial charge in [0.05, 0.1) is 12.0 Å². The van der Waals surface area contributed by atoms with Crippen molar-refractivity contribution in [2.75, 3.05) is 19.6 Å². The third-order valence-corrected chi connectivity index (χ3v) is 4.41. The SMILES string of the molecule is CCN1C(=O)CC[C@@H](C(=O)NCCNC(C)=O)[C@@H]1c1ccccc1F. The summed E-state index contributed by atoms with van der Waals surface area (Å²) in [6, 6.07) is 5.64. The molecule has 0 aromatic heterocycles. The van der Waals surface area contributed by atoms with Gasteiger partial charge in [0.2, 0.25) is 17.7 Å². The van der Waals surface area contributed by atoms with E-state index in [4.69, 9.17) is 0 Å². The number of amides is 3. The van der Waals surface area contributed by atoms with Gasteiger partial charge < -0.3 is 15.5 Å². The van der Waals surface area contributed by atoms with Crippen molar-refractivity contribution in [2.45, 2.75) is 32.7 Å². The van der Waals surface area contributed by atoms with E-state index in [1.54, 1.807) is 23.1 Å². The fourth-order valence-corrected chi connectivity index (χ4v) is 3.26. The summed E-state index contributed by atoms with van der Waals surface area (Å²) in [5.41, 5.74) is 0.361. The second-order valence-corrected chi connectivity index (χ2v) is 6.07. The molecule has 2 rings (SSSR count). The average molecular weight is 349 g/mol. The minimum Gasteiger partial charge on any atom is -0.355 e. The molecule has 7 heteroatoms. The van der Waals surface area contributed by atoms with E-state index in [0.717, 1.165) is 0 Å². The first-order chi connectivity index (χ1) is 12.0. The Balaban J connectivity index is 2.19. The molecule has 6 nitrogen and oxygen atoms in total. The molecule has 1 aliphatic heterocycles. The summed E-state index contributed by atoms with van der Waals surface area (Å²) < 4.78 is 14.3. The molecule has 3 amide bonds. The zero-order valence-corrected chi connectivity index (χ0v) is 14.5. The van der Waals surface area contributed by atoms with Crippen LogP contribution in [0.5, 0.6) is 0 Å². The van der Waals surface area contributed by atoms with Crippen LogP contribution in [0.4, 0.5) is 4.39 Å². The molecule has 1 saturated heterocycles. The fourth-order valence-electron chi connectivity index (χ4n) is 3.26. The number of hydrogen-bond acceptors (Lipinski definition) is 3. The van der Waals surface area contributed by atoms with Crippen LogP contribution in [0.2, 0.25) is 0 Å². The minimum absolute atomic E-state index is 0.0713. The molecule has 1 aromatic rings. The lowest BCUT2D eigenvalue weighted by Crippen LogP contribution is -2.49. The van der Waals surface area contributed by atoms with E-state index in [1.165, 1.54) is 13.0 Å². The van der Waals surface area contributed by atoms with Gasteiger partial charge >= 0.3 is 0 Å². The molecule has 0 aliphatic carbocycles. The highest BCUT2D eigenvalue weighted by atomic mass is 19.1. The number of rotatable bonds is 6. The molecule has 0 spiro atoms. The Morgan fingerprint density at radius 3 is 2.56 bits per heavy atom. The number of benzene rings is 1. The van der Waals surface area contributed by atoms with Crippen molar-refractivity contribution in [3.05, 3.63) is 35.6 Å². The lowest BCUT2D eigenvalue weighted by Gasteiger charge is -2.40. The van der Waals surface area contributed by atoms with Gasteiger partial charge in [0.15, 0.2) is 0 Å². The van der Waals surface area contributed by atoms with Crippen LogP contribution in [0, 0.1) is 11.7 Å². The highest BCUT2D eigenvalue weighted by Crippen LogP contribution is 2.37. The van der Waals surface area contributed by atoms with Crippen molar-refractivity contribution in [3.63, 3.8) is 0 Å². The summed E-state index contributed by atoms with van der Waals surface area (Å²) in [4.78, 5) is 37.3. The Kier molecular flexibility index (Phi) is 6.50. The van der Waals surface area contributed by atoms with Gasteiger partial charge in [0.25, 0.3) is 0 Å². The summed E-state index contributed by atoms with van der Waals surface area (Å²) in [7, 11) is 0. The van der Waals surface area contributed by atoms with Gasteiger partial charge in [-0.1, -0.05) is 18.2 Å². The molecule has 0 bridgehead atoms. The summed E-state index contributed by atoms with van der Waals surface area (Å²) in [6.45, 7) is 4.26. The van der Waals surface area contributed by atoms with Gasteiger partial charge in [-0.2, -0.15) is 0 Å². The first kappa shape index (κ1) is 18.9. The van der Waals surface area contributed by atoms with E-state index in [2.05, 4.69) is 10.6 Å². The Hall–Kier alpha value is -2.44. The molecule has 2 atom stereocenters. The average Bonchev–Trinajstić information content (AvgIpc) is 2.58. The van der Waals surface area contributed by atoms with E-state index in [0.29, 0.717) is 31.6 Å². The predicted octanol–water partition coefficient (Wildman–Crippen LogP) is 1.38. The summed E-state index contributed by atoms with van der Waals surface area (Å²) in [6.07, 6.45) is 0.642. The minimum atomic E-state index is -0.617. The van der Waals surface area contributed by atoms with Gasteiger partial charge in [-0.15, -0.1) is 0 Å². The number of piperidine rings is 1. The number of nitrogens with zero attached hydrogens (tertiary/aromatic N) is 1. The van der Waals surface area contributed by atoms with Crippen molar-refractivity contribution in [1.82, 2.24) is 15.5 Å². The van der Waals surface area contributed by atoms with Gasteiger partial charge in [0.1, 0.15) is 5.82 Å². The van der Waals surface area contributed by atoms with Gasteiger partial charge in [0, 0.05) is 38.5 Å². The van der Waals surface area contributed by atoms with Crippen LogP contribution in [0.25, 0.3) is 0 Å². The van der Waals surface area contributed by atoms with Gasteiger partial charge in [-0.05, 0) is 19.4 Å². The standard InChI is InChI=1S/C18H24FN3O3/c1-3-22-16(24)9-8-14(18(25)21-11-10-20-12(2)23)17(22)13-6-4-5-7-15(13)19/h4-7,14,17H,3,8-11H2,1-2H3,(H,20,23)(H,21,25)/t14-,17+/m1/s1. The monoisotopic (exact) mass is 349 g/mol. The molecule has 1 aromatic carbocycles. The molecule has 1 aliphatic rings. The molecule has 0 radical (unpaired) electrons. The zero-order chi connectivity index (χ0) is 18.4. The van der Waals surface area contributed by atoms with Crippen molar-refractivity contribution in [2.24, 2.45) is 5.92 Å². The highest BCUT2D eigenvalue weighted by Gasteiger charge is 2.40. The molecular weight excluding hydrogens is 325 g/mol. The Morgan fingerprint density at radius 2 is 1.92 bits per heavy atom. The topological polar surface area (TPSA) is 78.5 Å². The molecule has 136 valence electrons. The third kappa shape index (κ3) is 4.55. The van der Waals surface area contributed by atoms with Crippen LogP contribution in [0.1, 0.15) is 38.3 Å². The number of carbonyl (C=O) groups is 3. The number of likely N-dealkylation sites (tertiary alicyclic amines) is 1. The van der Waals surface area contributed by atoms with Gasteiger partial charge in [-0.3, -0.25) is 14.4 Å². The normalized spacial score (nSPS) is 20.3. The van der Waals surface area contributed by atoms with Crippen molar-refractivity contribution in [3.8, 4) is 0 Å². The van der Waals surface area contributed by atoms with Crippen LogP contribution in [0.3, 0.4) is 0 Å². The first-order valence-corrected chi connectivity index (χ1v) is 8.51. The van der Waals surface area contributed by atoms with Crippen molar-refractivity contribution in [1.29, 1.82) is 0 Å². The van der Waals surface area contributed by atoms with Gasteiger partial charge in [-0.25, -0.2) is 4.39 Å². The molecule has 0 unspecified atom stereocenters. The van der Waals surface area contributed by atoms with Crippen LogP contribution >= 0.6 is 0 Å². The molecule has 2 N–H and O–H groups in total. The third-order valence-electron chi connectivity index (χ3n) is 4.41. The predicted molar refractivity (Wildman–Crippen MR) is 90.9 cm³/mol. The zero-order valence-electron chi connectivity index (χ0n) is 14.5. The van der Waals surface area contributed by atoms with E-state index in [-0.39, 0.29) is 24.1 Å². The molecule has 1 fully saturated rings. The molecule has 1 heterocycles. The van der Waals surface area contributed by atoms with Crippen LogP contribution < -0.4 is 10.6 Å². The lowest BCUT2D eigenvalue weighted by molar-refractivity contribution is -0.143. The quantitative estimate of drug-likeness (QED) is 0.762. The maximum atomic E-state index is 14.3. The number of carbonyl (C=O) groups excluding carboxylic acids is 3. The fraction of sp³-hybridized carbons (Fsp3) is 0.500. The molecule has 0 saturated carbocycles. The van der Waals surface area contributed by atoms with E-state index in [1.807, 2.05) is 6.92 Å². The first-order valence-electron chi connectivity index (χ1n) is 8.51. The van der Waals surface area contributed by atoms with E-state index >= 15 is 0 Å². The van der Waals surface area contributed by atoms with Crippen LogP contribution in [-0.4, -0.2) is 42.3 Å². The van der Waals surface area contributed by atoms with E-state index in [9.17, 15) is 18.8 Å². The lowest BCUT2D eigenvalue weighted by atomic mass is 9.83. The number of hydrogen-bond donors (Lipinski definition) is 2. The highest BCUT2D eigenvalue weighted by molar-refractivity contribution is 5.85. The summed E-state index contributed by atoms with van der Waals surface area (Å²) >= 11 is 0. The van der Waals surface area contributed by atoms with E-state index < -0.39 is 17.8 Å². The molecular formula is C18H24FN3O3. The smallest absolute Gasteiger partial charge is 0.225 e. The maximum absolute atomic E-state index is 14.3.